The summed E-state index contributed by atoms with van der Waals surface area (Å²) in [5.74, 6) is 1.56. The summed E-state index contributed by atoms with van der Waals surface area (Å²) >= 11 is 0. The molecule has 142 valence electrons. The first-order chi connectivity index (χ1) is 13.0. The molecule has 0 spiro atoms. The molecule has 0 saturated heterocycles. The number of carbonyl (C=O) groups excluding carboxylic acids is 1. The Morgan fingerprint density at radius 1 is 1.19 bits per heavy atom. The predicted octanol–water partition coefficient (Wildman–Crippen LogP) is 4.21. The van der Waals surface area contributed by atoms with E-state index in [0.29, 0.717) is 12.5 Å². The Bertz CT molecular complexity index is 796. The number of carbonyl (C=O) groups is 1. The minimum Gasteiger partial charge on any atom is -0.490 e. The van der Waals surface area contributed by atoms with Crippen LogP contribution in [0.5, 0.6) is 11.5 Å². The van der Waals surface area contributed by atoms with Crippen LogP contribution in [-0.4, -0.2) is 25.3 Å². The van der Waals surface area contributed by atoms with E-state index in [2.05, 4.69) is 37.0 Å². The molecule has 0 unspecified atom stereocenters. The quantitative estimate of drug-likeness (QED) is 0.411. The third-order valence-electron chi connectivity index (χ3n) is 3.89. The summed E-state index contributed by atoms with van der Waals surface area (Å²) in [5.41, 5.74) is 5.49. The molecule has 2 rings (SSSR count). The molecular weight excluding hydrogens is 340 g/mol. The summed E-state index contributed by atoms with van der Waals surface area (Å²) in [6.07, 6.45) is 3.26. The predicted molar refractivity (Wildman–Crippen MR) is 109 cm³/mol. The van der Waals surface area contributed by atoms with Gasteiger partial charge < -0.3 is 9.47 Å². The van der Waals surface area contributed by atoms with Crippen molar-refractivity contribution >= 4 is 12.1 Å². The zero-order valence-corrected chi connectivity index (χ0v) is 16.1. The van der Waals surface area contributed by atoms with E-state index in [-0.39, 0.29) is 12.5 Å². The van der Waals surface area contributed by atoms with E-state index >= 15 is 0 Å². The van der Waals surface area contributed by atoms with Crippen LogP contribution < -0.4 is 14.9 Å². The molecule has 0 bridgehead atoms. The fourth-order valence-corrected chi connectivity index (χ4v) is 2.29. The summed E-state index contributed by atoms with van der Waals surface area (Å²) < 4.78 is 11.0. The molecule has 0 atom stereocenters. The average Bonchev–Trinajstić information content (AvgIpc) is 2.66. The second kappa shape index (κ2) is 10.2. The lowest BCUT2D eigenvalue weighted by Crippen LogP contribution is -2.24. The topological polar surface area (TPSA) is 59.9 Å². The SMILES string of the molecule is C=CCOc1ccc(/C=N/NC(=O)COc2cc(C(C)C)ccc2C)cc1. The van der Waals surface area contributed by atoms with Crippen molar-refractivity contribution in [2.75, 3.05) is 13.2 Å². The van der Waals surface area contributed by atoms with Gasteiger partial charge in [0.2, 0.25) is 0 Å². The third kappa shape index (κ3) is 6.62. The smallest absolute Gasteiger partial charge is 0.277 e. The lowest BCUT2D eigenvalue weighted by Gasteiger charge is -2.12. The number of hydrogen-bond donors (Lipinski definition) is 1. The van der Waals surface area contributed by atoms with Gasteiger partial charge in [-0.2, -0.15) is 5.10 Å². The van der Waals surface area contributed by atoms with Crippen LogP contribution in [0.4, 0.5) is 0 Å². The number of hydrogen-bond acceptors (Lipinski definition) is 4. The van der Waals surface area contributed by atoms with Crippen molar-refractivity contribution in [1.29, 1.82) is 0 Å². The van der Waals surface area contributed by atoms with Crippen molar-refractivity contribution in [3.05, 3.63) is 71.8 Å². The maximum absolute atomic E-state index is 11.9. The van der Waals surface area contributed by atoms with Crippen LogP contribution in [0.25, 0.3) is 0 Å². The first-order valence-electron chi connectivity index (χ1n) is 8.88. The van der Waals surface area contributed by atoms with Crippen LogP contribution in [0.15, 0.2) is 60.2 Å². The van der Waals surface area contributed by atoms with Crippen molar-refractivity contribution in [2.45, 2.75) is 26.7 Å². The van der Waals surface area contributed by atoms with Crippen LogP contribution >= 0.6 is 0 Å². The Morgan fingerprint density at radius 2 is 1.93 bits per heavy atom. The van der Waals surface area contributed by atoms with Crippen LogP contribution in [-0.2, 0) is 4.79 Å². The number of amides is 1. The normalized spacial score (nSPS) is 10.8. The zero-order valence-electron chi connectivity index (χ0n) is 16.1. The molecule has 0 aliphatic carbocycles. The Balaban J connectivity index is 1.83. The summed E-state index contributed by atoms with van der Waals surface area (Å²) in [4.78, 5) is 11.9. The highest BCUT2D eigenvalue weighted by atomic mass is 16.5. The highest BCUT2D eigenvalue weighted by molar-refractivity contribution is 5.83. The molecule has 0 fully saturated rings. The largest absolute Gasteiger partial charge is 0.490 e. The van der Waals surface area contributed by atoms with Gasteiger partial charge in [-0.1, -0.05) is 38.6 Å². The summed E-state index contributed by atoms with van der Waals surface area (Å²) in [6, 6.07) is 13.4. The number of rotatable bonds is 9. The standard InChI is InChI=1S/C22H26N2O3/c1-5-12-26-20-10-7-18(8-11-20)14-23-24-22(25)15-27-21-13-19(16(2)3)9-6-17(21)4/h5-11,13-14,16H,1,12,15H2,2-4H3,(H,24,25)/b23-14+. The molecule has 0 aliphatic heterocycles. The molecule has 0 aromatic heterocycles. The van der Waals surface area contributed by atoms with Gasteiger partial charge in [0, 0.05) is 0 Å². The number of aryl methyl sites for hydroxylation is 1. The maximum atomic E-state index is 11.9. The second-order valence-corrected chi connectivity index (χ2v) is 6.43. The molecule has 1 N–H and O–H groups in total. The Morgan fingerprint density at radius 3 is 2.59 bits per heavy atom. The molecule has 5 heteroatoms. The van der Waals surface area contributed by atoms with Crippen LogP contribution in [0.2, 0.25) is 0 Å². The van der Waals surface area contributed by atoms with Crippen LogP contribution in [0, 0.1) is 6.92 Å². The first-order valence-corrected chi connectivity index (χ1v) is 8.88. The Labute approximate surface area is 160 Å². The van der Waals surface area contributed by atoms with Crippen molar-refractivity contribution < 1.29 is 14.3 Å². The number of nitrogens with zero attached hydrogens (tertiary/aromatic N) is 1. The van der Waals surface area contributed by atoms with Crippen molar-refractivity contribution in [2.24, 2.45) is 5.10 Å². The van der Waals surface area contributed by atoms with E-state index < -0.39 is 0 Å². The molecule has 0 radical (unpaired) electrons. The Hall–Kier alpha value is -3.08. The molecule has 2 aromatic rings. The van der Waals surface area contributed by atoms with Gasteiger partial charge in [0.05, 0.1) is 6.21 Å². The van der Waals surface area contributed by atoms with E-state index in [4.69, 9.17) is 9.47 Å². The molecule has 0 aliphatic rings. The number of ether oxygens (including phenoxy) is 2. The number of nitrogens with one attached hydrogen (secondary N) is 1. The fraction of sp³-hybridized carbons (Fsp3) is 0.273. The molecule has 2 aromatic carbocycles. The molecule has 27 heavy (non-hydrogen) atoms. The van der Waals surface area contributed by atoms with Crippen LogP contribution in [0.1, 0.15) is 36.5 Å². The lowest BCUT2D eigenvalue weighted by atomic mass is 10.0. The van der Waals surface area contributed by atoms with E-state index in [9.17, 15) is 4.79 Å². The molecule has 1 amide bonds. The van der Waals surface area contributed by atoms with Gasteiger partial charge in [0.25, 0.3) is 5.91 Å². The van der Waals surface area contributed by atoms with E-state index in [1.165, 1.54) is 5.56 Å². The molecular formula is C22H26N2O3. The molecule has 5 nitrogen and oxygen atoms in total. The molecule has 0 saturated carbocycles. The number of hydrazone groups is 1. The zero-order chi connectivity index (χ0) is 19.6. The lowest BCUT2D eigenvalue weighted by molar-refractivity contribution is -0.123. The summed E-state index contributed by atoms with van der Waals surface area (Å²) in [6.45, 7) is 10.2. The van der Waals surface area contributed by atoms with E-state index in [1.54, 1.807) is 12.3 Å². The summed E-state index contributed by atoms with van der Waals surface area (Å²) in [7, 11) is 0. The minimum atomic E-state index is -0.313. The first kappa shape index (κ1) is 20.2. The van der Waals surface area contributed by atoms with Gasteiger partial charge in [-0.3, -0.25) is 4.79 Å². The average molecular weight is 366 g/mol. The Kier molecular flexibility index (Phi) is 7.62. The maximum Gasteiger partial charge on any atom is 0.277 e. The monoisotopic (exact) mass is 366 g/mol. The van der Waals surface area contributed by atoms with Gasteiger partial charge in [-0.05, 0) is 59.9 Å². The van der Waals surface area contributed by atoms with Crippen molar-refractivity contribution in [1.82, 2.24) is 5.43 Å². The summed E-state index contributed by atoms with van der Waals surface area (Å²) in [5, 5.41) is 3.95. The van der Waals surface area contributed by atoms with Gasteiger partial charge in [0.1, 0.15) is 18.1 Å². The van der Waals surface area contributed by atoms with E-state index in [0.717, 1.165) is 22.6 Å². The number of benzene rings is 2. The second-order valence-electron chi connectivity index (χ2n) is 6.43. The van der Waals surface area contributed by atoms with Gasteiger partial charge in [0.15, 0.2) is 6.61 Å². The van der Waals surface area contributed by atoms with Crippen LogP contribution in [0.3, 0.4) is 0 Å². The fourth-order valence-electron chi connectivity index (χ4n) is 2.29. The van der Waals surface area contributed by atoms with Gasteiger partial charge in [-0.15, -0.1) is 0 Å². The molecule has 0 heterocycles. The van der Waals surface area contributed by atoms with Gasteiger partial charge >= 0.3 is 0 Å². The third-order valence-corrected chi connectivity index (χ3v) is 3.89. The highest BCUT2D eigenvalue weighted by Crippen LogP contribution is 2.24. The minimum absolute atomic E-state index is 0.0892. The van der Waals surface area contributed by atoms with Gasteiger partial charge in [-0.25, -0.2) is 5.43 Å². The highest BCUT2D eigenvalue weighted by Gasteiger charge is 2.07. The van der Waals surface area contributed by atoms with Crippen molar-refractivity contribution in [3.8, 4) is 11.5 Å². The van der Waals surface area contributed by atoms with Crippen molar-refractivity contribution in [3.63, 3.8) is 0 Å². The van der Waals surface area contributed by atoms with E-state index in [1.807, 2.05) is 43.3 Å².